The van der Waals surface area contributed by atoms with Crippen LogP contribution in [0.15, 0.2) is 48.2 Å². The summed E-state index contributed by atoms with van der Waals surface area (Å²) in [4.78, 5) is 17.8. The number of Topliss-reactive ketones (excluding diaryl/α,β-unsaturated/α-hetero) is 1. The highest BCUT2D eigenvalue weighted by molar-refractivity contribution is 5.94. The summed E-state index contributed by atoms with van der Waals surface area (Å²) < 4.78 is 23.4. The van der Waals surface area contributed by atoms with Gasteiger partial charge >= 0.3 is 0 Å². The number of para-hydroxylation sites is 1. The minimum Gasteiger partial charge on any atom is -0.500 e. The lowest BCUT2D eigenvalue weighted by atomic mass is 9.62. The number of benzene rings is 2. The zero-order valence-electron chi connectivity index (χ0n) is 31.6. The van der Waals surface area contributed by atoms with Crippen LogP contribution in [0.2, 0.25) is 0 Å². The van der Waals surface area contributed by atoms with Crippen LogP contribution in [0.1, 0.15) is 66.9 Å². The largest absolute Gasteiger partial charge is 0.500 e. The molecule has 2 unspecified atom stereocenters. The third-order valence-corrected chi connectivity index (χ3v) is 15.0. The van der Waals surface area contributed by atoms with Gasteiger partial charge in [-0.15, -0.1) is 0 Å². The Morgan fingerprint density at radius 1 is 0.885 bits per heavy atom. The van der Waals surface area contributed by atoms with Crippen molar-refractivity contribution in [2.24, 2.45) is 43.7 Å². The molecule has 0 saturated carbocycles. The number of aryl methyl sites for hydroxylation is 2. The van der Waals surface area contributed by atoms with Crippen LogP contribution in [0.3, 0.4) is 0 Å². The van der Waals surface area contributed by atoms with E-state index >= 15 is 0 Å². The number of allylic oxidation sites excluding steroid dienone is 1. The molecule has 8 heterocycles. The first kappa shape index (κ1) is 33.0. The van der Waals surface area contributed by atoms with E-state index in [1.807, 2.05) is 6.92 Å². The van der Waals surface area contributed by atoms with Gasteiger partial charge in [-0.05, 0) is 101 Å². The van der Waals surface area contributed by atoms with E-state index in [9.17, 15) is 9.90 Å². The van der Waals surface area contributed by atoms with Crippen LogP contribution in [0.4, 0.5) is 0 Å². The van der Waals surface area contributed by atoms with Gasteiger partial charge in [0.05, 0.1) is 44.2 Å². The second-order valence-electron chi connectivity index (χ2n) is 17.2. The van der Waals surface area contributed by atoms with E-state index in [1.165, 1.54) is 44.3 Å². The second-order valence-corrected chi connectivity index (χ2v) is 17.2. The van der Waals surface area contributed by atoms with E-state index in [0.717, 1.165) is 42.6 Å². The monoisotopic (exact) mass is 704 g/mol. The number of ether oxygens (including phenoxy) is 3. The number of hydrogen-bond acceptors (Lipinski definition) is 7. The topological polar surface area (TPSA) is 81.3 Å². The molecule has 52 heavy (non-hydrogen) atoms. The molecule has 9 heteroatoms. The van der Waals surface area contributed by atoms with Gasteiger partial charge in [-0.3, -0.25) is 14.6 Å². The van der Waals surface area contributed by atoms with Crippen molar-refractivity contribution in [3.63, 3.8) is 0 Å². The first-order valence-electron chi connectivity index (χ1n) is 19.4. The molecule has 274 valence electrons. The quantitative estimate of drug-likeness (QED) is 0.286. The number of methoxy groups -OCH3 is 1. The Hall–Kier alpha value is -3.63. The van der Waals surface area contributed by atoms with E-state index < -0.39 is 5.79 Å². The fraction of sp³-hybridized carbons (Fsp3) is 0.558. The van der Waals surface area contributed by atoms with Crippen LogP contribution >= 0.6 is 0 Å². The number of aromatic nitrogens is 2. The third-order valence-electron chi connectivity index (χ3n) is 15.0. The normalized spacial score (nSPS) is 35.3. The summed E-state index contributed by atoms with van der Waals surface area (Å²) in [6, 6.07) is 14.6. The van der Waals surface area contributed by atoms with E-state index in [1.54, 1.807) is 20.3 Å². The summed E-state index contributed by atoms with van der Waals surface area (Å²) >= 11 is 0. The van der Waals surface area contributed by atoms with E-state index in [4.69, 9.17) is 14.2 Å². The Bertz CT molecular complexity index is 2180. The molecule has 2 aromatic carbocycles. The van der Waals surface area contributed by atoms with E-state index in [0.29, 0.717) is 43.6 Å². The fourth-order valence-corrected chi connectivity index (χ4v) is 12.5. The third kappa shape index (κ3) is 4.39. The van der Waals surface area contributed by atoms with Gasteiger partial charge in [-0.25, -0.2) is 0 Å². The molecular formula is C43H52N4O5. The molecule has 0 amide bonds. The van der Waals surface area contributed by atoms with Crippen LogP contribution < -0.4 is 4.74 Å². The Labute approximate surface area is 306 Å². The Balaban J connectivity index is 1.04. The van der Waals surface area contributed by atoms with Gasteiger partial charge in [0, 0.05) is 83.2 Å². The smallest absolute Gasteiger partial charge is 0.166 e. The minimum atomic E-state index is -1.25. The number of aliphatic hydroxyl groups is 1. The summed E-state index contributed by atoms with van der Waals surface area (Å²) in [7, 11) is 10.7. The second kappa shape index (κ2) is 11.4. The van der Waals surface area contributed by atoms with Crippen LogP contribution in [0.25, 0.3) is 21.8 Å². The van der Waals surface area contributed by atoms with Gasteiger partial charge < -0.3 is 28.5 Å². The van der Waals surface area contributed by atoms with Crippen molar-refractivity contribution in [2.45, 2.75) is 75.9 Å². The summed E-state index contributed by atoms with van der Waals surface area (Å²) in [5.74, 6) is 0.777. The predicted molar refractivity (Wildman–Crippen MR) is 200 cm³/mol. The number of fused-ring (bicyclic) bond motifs is 16. The van der Waals surface area contributed by atoms with Crippen molar-refractivity contribution < 1.29 is 24.1 Å². The van der Waals surface area contributed by atoms with Crippen molar-refractivity contribution in [2.75, 3.05) is 34.4 Å². The fourth-order valence-electron chi connectivity index (χ4n) is 12.5. The number of piperidine rings is 2. The number of carbonyl (C=O) groups is 1. The molecule has 6 aliphatic rings. The number of carbonyl (C=O) groups excluding carboxylic acids is 1. The average molecular weight is 705 g/mol. The molecule has 0 radical (unpaired) electrons. The summed E-state index contributed by atoms with van der Waals surface area (Å²) in [5, 5.41) is 14.7. The minimum absolute atomic E-state index is 0.0884. The van der Waals surface area contributed by atoms with Crippen molar-refractivity contribution in [3.05, 3.63) is 76.3 Å². The van der Waals surface area contributed by atoms with Crippen LogP contribution in [-0.2, 0) is 47.6 Å². The number of ketones is 1. The Morgan fingerprint density at radius 2 is 1.56 bits per heavy atom. The maximum atomic E-state index is 12.7. The molecular weight excluding hydrogens is 652 g/mol. The molecule has 3 saturated heterocycles. The molecule has 2 aromatic heterocycles. The number of nitrogens with zero attached hydrogens (tertiary/aromatic N) is 4. The van der Waals surface area contributed by atoms with Crippen molar-refractivity contribution in [3.8, 4) is 5.75 Å². The average Bonchev–Trinajstić information content (AvgIpc) is 3.55. The van der Waals surface area contributed by atoms with Crippen LogP contribution in [0, 0.1) is 29.6 Å². The highest BCUT2D eigenvalue weighted by atomic mass is 16.6. The molecule has 9 nitrogen and oxygen atoms in total. The summed E-state index contributed by atoms with van der Waals surface area (Å²) in [6.45, 7) is 4.79. The number of rotatable bonds is 4. The Morgan fingerprint density at radius 3 is 2.29 bits per heavy atom. The van der Waals surface area contributed by atoms with Crippen molar-refractivity contribution in [1.82, 2.24) is 18.9 Å². The van der Waals surface area contributed by atoms with Gasteiger partial charge in [-0.1, -0.05) is 18.2 Å². The van der Waals surface area contributed by atoms with Crippen LogP contribution in [0.5, 0.6) is 5.75 Å². The molecule has 0 aliphatic carbocycles. The lowest BCUT2D eigenvalue weighted by Crippen LogP contribution is -2.62. The van der Waals surface area contributed by atoms with E-state index in [2.05, 4.69) is 83.5 Å². The van der Waals surface area contributed by atoms with Gasteiger partial charge in [0.2, 0.25) is 0 Å². The lowest BCUT2D eigenvalue weighted by Gasteiger charge is -2.58. The van der Waals surface area contributed by atoms with Gasteiger partial charge in [-0.2, -0.15) is 0 Å². The maximum absolute atomic E-state index is 12.7. The standard InChI is InChI=1S/C43H52N4O5/c1-22(48)30-19-51-20-31-25(30)14-38-42-29(17-35(31)44(38)3)27-12-23(40(50-7)18-37(27)47(42)6)13-33-26-15-39-41-28(24-10-8-9-11-34(24)46(41)5)16-36(45(39)4)32(26)21-52-43(33,2)49/h8-12,18-19,25-26,31-33,35-36,38-39,49H,13-17,20-21H2,1-7H3/t25-,26+,31+,32+,33?,35+,36+,38+,39+,43?/m0/s1. The molecule has 4 aromatic rings. The van der Waals surface area contributed by atoms with E-state index in [-0.39, 0.29) is 35.6 Å². The molecule has 1 N–H and O–H groups in total. The lowest BCUT2D eigenvalue weighted by molar-refractivity contribution is -0.289. The van der Waals surface area contributed by atoms with Gasteiger partial charge in [0.1, 0.15) is 5.75 Å². The number of hydrogen-bond donors (Lipinski definition) is 1. The van der Waals surface area contributed by atoms with Crippen molar-refractivity contribution >= 4 is 27.6 Å². The number of likely N-dealkylation sites (N-methyl/N-ethyl adjacent to an activating group) is 2. The van der Waals surface area contributed by atoms with Crippen molar-refractivity contribution in [1.29, 1.82) is 0 Å². The maximum Gasteiger partial charge on any atom is 0.166 e. The van der Waals surface area contributed by atoms with Gasteiger partial charge in [0.15, 0.2) is 11.6 Å². The first-order valence-corrected chi connectivity index (χ1v) is 19.4. The highest BCUT2D eigenvalue weighted by Crippen LogP contribution is 2.56. The summed E-state index contributed by atoms with van der Waals surface area (Å²) in [5.41, 5.74) is 10.2. The molecule has 6 aliphatic heterocycles. The highest BCUT2D eigenvalue weighted by Gasteiger charge is 2.56. The molecule has 3 fully saturated rings. The summed E-state index contributed by atoms with van der Waals surface area (Å²) in [6.07, 6.45) is 6.23. The van der Waals surface area contributed by atoms with Crippen LogP contribution in [-0.4, -0.2) is 82.1 Å². The molecule has 0 spiro atoms. The SMILES string of the molecule is COc1cc2c(cc1CC1[C@@H]3C[C@@H]4c5c(c6ccccc6n5C)C[C@H]([C@@H]3COC1(C)O)N4C)c1c(n2C)[C@H]2C[C@H]3C(C(C)=O)=COC[C@H]3[C@@H](C1)N2C. The molecule has 10 rings (SSSR count). The molecule has 4 bridgehead atoms. The van der Waals surface area contributed by atoms with Gasteiger partial charge in [0.25, 0.3) is 0 Å². The zero-order valence-corrected chi connectivity index (χ0v) is 31.6. The Kier molecular flexibility index (Phi) is 7.25. The first-order chi connectivity index (χ1) is 25.0. The molecule has 10 atom stereocenters. The zero-order chi connectivity index (χ0) is 36.0. The predicted octanol–water partition coefficient (Wildman–Crippen LogP) is 5.85.